The van der Waals surface area contributed by atoms with Gasteiger partial charge in [-0.2, -0.15) is 0 Å². The lowest BCUT2D eigenvalue weighted by Gasteiger charge is -2.24. The fourth-order valence-corrected chi connectivity index (χ4v) is 2.37. The first-order chi connectivity index (χ1) is 7.31. The first kappa shape index (κ1) is 10.9. The summed E-state index contributed by atoms with van der Waals surface area (Å²) < 4.78 is 5.33. The summed E-state index contributed by atoms with van der Waals surface area (Å²) in [6.07, 6.45) is 3.50. The largest absolute Gasteiger partial charge is 0.381 e. The van der Waals surface area contributed by atoms with Crippen LogP contribution in [0.5, 0.6) is 0 Å². The van der Waals surface area contributed by atoms with Crippen molar-refractivity contribution in [3.8, 4) is 0 Å². The molecule has 0 spiro atoms. The van der Waals surface area contributed by atoms with Crippen LogP contribution in [0.15, 0.2) is 0 Å². The van der Waals surface area contributed by atoms with Crippen molar-refractivity contribution in [1.29, 1.82) is 0 Å². The van der Waals surface area contributed by atoms with Gasteiger partial charge in [-0.15, -0.1) is 0 Å². The molecular weight excluding hydrogens is 192 g/mol. The summed E-state index contributed by atoms with van der Waals surface area (Å²) in [5, 5.41) is 3.23. The molecule has 0 bridgehead atoms. The van der Waals surface area contributed by atoms with E-state index in [0.717, 1.165) is 39.0 Å². The number of amides is 1. The SMILES string of the molecule is CCC1NCC(=O)N1CCC1CCOC1. The van der Waals surface area contributed by atoms with Gasteiger partial charge in [0.25, 0.3) is 0 Å². The highest BCUT2D eigenvalue weighted by molar-refractivity contribution is 5.80. The zero-order chi connectivity index (χ0) is 10.7. The van der Waals surface area contributed by atoms with Gasteiger partial charge in [0.1, 0.15) is 0 Å². The Kier molecular flexibility index (Phi) is 3.59. The summed E-state index contributed by atoms with van der Waals surface area (Å²) in [6.45, 7) is 5.29. The Labute approximate surface area is 91.0 Å². The lowest BCUT2D eigenvalue weighted by Crippen LogP contribution is -2.38. The van der Waals surface area contributed by atoms with Crippen molar-refractivity contribution in [1.82, 2.24) is 10.2 Å². The summed E-state index contributed by atoms with van der Waals surface area (Å²) in [4.78, 5) is 13.6. The lowest BCUT2D eigenvalue weighted by atomic mass is 10.0. The third-order valence-electron chi connectivity index (χ3n) is 3.37. The number of carbonyl (C=O) groups excluding carboxylic acids is 1. The van der Waals surface area contributed by atoms with Crippen LogP contribution in [0.1, 0.15) is 26.2 Å². The van der Waals surface area contributed by atoms with Crippen LogP contribution < -0.4 is 5.32 Å². The Bertz CT molecular complexity index is 227. The van der Waals surface area contributed by atoms with Crippen molar-refractivity contribution >= 4 is 5.91 Å². The molecule has 2 unspecified atom stereocenters. The second-order valence-electron chi connectivity index (χ2n) is 4.41. The summed E-state index contributed by atoms with van der Waals surface area (Å²) >= 11 is 0. The summed E-state index contributed by atoms with van der Waals surface area (Å²) in [5.74, 6) is 0.914. The molecule has 2 rings (SSSR count). The second-order valence-corrected chi connectivity index (χ2v) is 4.41. The first-order valence-electron chi connectivity index (χ1n) is 5.92. The molecule has 1 amide bonds. The van der Waals surface area contributed by atoms with Gasteiger partial charge in [-0.1, -0.05) is 6.92 Å². The van der Waals surface area contributed by atoms with Crippen molar-refractivity contribution in [3.05, 3.63) is 0 Å². The number of hydrogen-bond donors (Lipinski definition) is 1. The van der Waals surface area contributed by atoms with Gasteiger partial charge >= 0.3 is 0 Å². The predicted molar refractivity (Wildman–Crippen MR) is 57.3 cm³/mol. The predicted octanol–water partition coefficient (Wildman–Crippen LogP) is 0.581. The van der Waals surface area contributed by atoms with E-state index in [0.29, 0.717) is 12.5 Å². The van der Waals surface area contributed by atoms with Crippen molar-refractivity contribution < 1.29 is 9.53 Å². The average Bonchev–Trinajstić information content (AvgIpc) is 2.84. The van der Waals surface area contributed by atoms with Gasteiger partial charge in [0.05, 0.1) is 12.7 Å². The minimum absolute atomic E-state index is 0.251. The molecule has 86 valence electrons. The van der Waals surface area contributed by atoms with E-state index in [1.807, 2.05) is 4.90 Å². The maximum Gasteiger partial charge on any atom is 0.237 e. The van der Waals surface area contributed by atoms with E-state index in [2.05, 4.69) is 12.2 Å². The summed E-state index contributed by atoms with van der Waals surface area (Å²) in [5.41, 5.74) is 0. The molecule has 2 aliphatic heterocycles. The van der Waals surface area contributed by atoms with Gasteiger partial charge in [0.2, 0.25) is 5.91 Å². The molecule has 2 heterocycles. The average molecular weight is 212 g/mol. The Morgan fingerprint density at radius 3 is 3.13 bits per heavy atom. The van der Waals surface area contributed by atoms with Crippen molar-refractivity contribution in [2.24, 2.45) is 5.92 Å². The van der Waals surface area contributed by atoms with Gasteiger partial charge in [-0.05, 0) is 25.2 Å². The lowest BCUT2D eigenvalue weighted by molar-refractivity contribution is -0.128. The van der Waals surface area contributed by atoms with Gasteiger partial charge in [0.15, 0.2) is 0 Å². The standard InChI is InChI=1S/C11H20N2O2/c1-2-10-12-7-11(14)13(10)5-3-9-4-6-15-8-9/h9-10,12H,2-8H2,1H3. The smallest absolute Gasteiger partial charge is 0.237 e. The first-order valence-corrected chi connectivity index (χ1v) is 5.92. The Hall–Kier alpha value is -0.610. The van der Waals surface area contributed by atoms with Crippen molar-refractivity contribution in [2.45, 2.75) is 32.4 Å². The molecule has 1 N–H and O–H groups in total. The van der Waals surface area contributed by atoms with Crippen LogP contribution in [0.3, 0.4) is 0 Å². The molecule has 0 aromatic carbocycles. The monoisotopic (exact) mass is 212 g/mol. The second kappa shape index (κ2) is 4.94. The summed E-state index contributed by atoms with van der Waals surface area (Å²) in [6, 6.07) is 0. The van der Waals surface area contributed by atoms with E-state index in [1.165, 1.54) is 0 Å². The van der Waals surface area contributed by atoms with Crippen LogP contribution in [0.2, 0.25) is 0 Å². The quantitative estimate of drug-likeness (QED) is 0.741. The molecular formula is C11H20N2O2. The highest BCUT2D eigenvalue weighted by Crippen LogP contribution is 2.18. The minimum Gasteiger partial charge on any atom is -0.381 e. The molecule has 2 fully saturated rings. The van der Waals surface area contributed by atoms with Gasteiger partial charge in [-0.3, -0.25) is 10.1 Å². The molecule has 0 aliphatic carbocycles. The Balaban J connectivity index is 1.78. The van der Waals surface area contributed by atoms with E-state index in [1.54, 1.807) is 0 Å². The van der Waals surface area contributed by atoms with Crippen LogP contribution in [-0.2, 0) is 9.53 Å². The van der Waals surface area contributed by atoms with Crippen LogP contribution in [0.25, 0.3) is 0 Å². The highest BCUT2D eigenvalue weighted by Gasteiger charge is 2.29. The molecule has 0 radical (unpaired) electrons. The van der Waals surface area contributed by atoms with Crippen LogP contribution in [0.4, 0.5) is 0 Å². The van der Waals surface area contributed by atoms with Gasteiger partial charge in [0, 0.05) is 19.8 Å². The topological polar surface area (TPSA) is 41.6 Å². The molecule has 2 atom stereocenters. The maximum atomic E-state index is 11.6. The third kappa shape index (κ3) is 2.49. The molecule has 0 aromatic rings. The molecule has 4 nitrogen and oxygen atoms in total. The molecule has 2 aliphatic rings. The maximum absolute atomic E-state index is 11.6. The minimum atomic E-state index is 0.251. The molecule has 15 heavy (non-hydrogen) atoms. The number of nitrogens with one attached hydrogen (secondary N) is 1. The van der Waals surface area contributed by atoms with E-state index in [9.17, 15) is 4.79 Å². The highest BCUT2D eigenvalue weighted by atomic mass is 16.5. The summed E-state index contributed by atoms with van der Waals surface area (Å²) in [7, 11) is 0. The zero-order valence-corrected chi connectivity index (χ0v) is 9.37. The van der Waals surface area contributed by atoms with Gasteiger partial charge in [-0.25, -0.2) is 0 Å². The van der Waals surface area contributed by atoms with Crippen LogP contribution >= 0.6 is 0 Å². The fraction of sp³-hybridized carbons (Fsp3) is 0.909. The number of rotatable bonds is 4. The fourth-order valence-electron chi connectivity index (χ4n) is 2.37. The van der Waals surface area contributed by atoms with E-state index >= 15 is 0 Å². The van der Waals surface area contributed by atoms with E-state index in [4.69, 9.17) is 4.74 Å². The van der Waals surface area contributed by atoms with Crippen LogP contribution in [-0.4, -0.2) is 43.3 Å². The molecule has 2 saturated heterocycles. The molecule has 4 heteroatoms. The zero-order valence-electron chi connectivity index (χ0n) is 9.37. The number of ether oxygens (including phenoxy) is 1. The van der Waals surface area contributed by atoms with E-state index in [-0.39, 0.29) is 12.1 Å². The van der Waals surface area contributed by atoms with E-state index < -0.39 is 0 Å². The number of carbonyl (C=O) groups is 1. The van der Waals surface area contributed by atoms with Gasteiger partial charge < -0.3 is 9.64 Å². The van der Waals surface area contributed by atoms with Crippen molar-refractivity contribution in [2.75, 3.05) is 26.3 Å². The van der Waals surface area contributed by atoms with Crippen molar-refractivity contribution in [3.63, 3.8) is 0 Å². The molecule has 0 saturated carbocycles. The third-order valence-corrected chi connectivity index (χ3v) is 3.37. The number of hydrogen-bond acceptors (Lipinski definition) is 3. The molecule has 0 aromatic heterocycles. The normalized spacial score (nSPS) is 31.5. The van der Waals surface area contributed by atoms with Crippen LogP contribution in [0, 0.1) is 5.92 Å². The Morgan fingerprint density at radius 1 is 1.60 bits per heavy atom. The number of nitrogens with zero attached hydrogens (tertiary/aromatic N) is 1. The Morgan fingerprint density at radius 2 is 2.47 bits per heavy atom.